The Hall–Kier alpha value is -1.77. The lowest BCUT2D eigenvalue weighted by Gasteiger charge is -2.11. The highest BCUT2D eigenvalue weighted by atomic mass is 32.2. The molecule has 1 atom stereocenters. The molecule has 0 bridgehead atoms. The Morgan fingerprint density at radius 2 is 1.60 bits per heavy atom. The normalized spacial score (nSPS) is 17.4. The number of hydrogen-bond acceptors (Lipinski definition) is 1. The molecule has 1 nitrogen and oxygen atoms in total. The van der Waals surface area contributed by atoms with Gasteiger partial charge >= 0.3 is 0 Å². The van der Waals surface area contributed by atoms with Gasteiger partial charge in [0.05, 0.1) is 0 Å². The summed E-state index contributed by atoms with van der Waals surface area (Å²) in [6, 6.07) is 21.1. The largest absolute Gasteiger partial charge is 0.616 e. The molecule has 4 rings (SSSR count). The van der Waals surface area contributed by atoms with Gasteiger partial charge in [-0.25, -0.2) is 0 Å². The summed E-state index contributed by atoms with van der Waals surface area (Å²) < 4.78 is 12.0. The zero-order valence-electron chi connectivity index (χ0n) is 11.0. The second-order valence-electron chi connectivity index (χ2n) is 5.20. The lowest BCUT2D eigenvalue weighted by Crippen LogP contribution is -1.96. The molecule has 1 aliphatic rings. The van der Waals surface area contributed by atoms with Crippen LogP contribution in [0.3, 0.4) is 0 Å². The summed E-state index contributed by atoms with van der Waals surface area (Å²) in [5.41, 5.74) is 5.01. The quantitative estimate of drug-likeness (QED) is 0.610. The minimum Gasteiger partial charge on any atom is -0.616 e. The van der Waals surface area contributed by atoms with Crippen LogP contribution in [0.2, 0.25) is 0 Å². The molecule has 1 unspecified atom stereocenters. The van der Waals surface area contributed by atoms with Gasteiger partial charge in [0.15, 0.2) is 0 Å². The summed E-state index contributed by atoms with van der Waals surface area (Å²) >= 11 is -0.752. The summed E-state index contributed by atoms with van der Waals surface area (Å²) in [7, 11) is 0. The second-order valence-corrected chi connectivity index (χ2v) is 6.66. The van der Waals surface area contributed by atoms with Crippen molar-refractivity contribution in [3.8, 4) is 11.1 Å². The molecule has 3 aromatic carbocycles. The molecule has 0 aromatic heterocycles. The Morgan fingerprint density at radius 1 is 0.850 bits per heavy atom. The van der Waals surface area contributed by atoms with Gasteiger partial charge in [0, 0.05) is 11.1 Å². The Bertz CT molecular complexity index is 780. The van der Waals surface area contributed by atoms with Gasteiger partial charge in [-0.2, -0.15) is 0 Å². The van der Waals surface area contributed by atoms with Crippen molar-refractivity contribution in [2.45, 2.75) is 11.5 Å². The van der Waals surface area contributed by atoms with E-state index in [0.29, 0.717) is 11.5 Å². The molecule has 98 valence electrons. The molecule has 1 heterocycles. The first-order chi connectivity index (χ1) is 9.83. The van der Waals surface area contributed by atoms with Crippen molar-refractivity contribution in [3.05, 3.63) is 71.8 Å². The van der Waals surface area contributed by atoms with E-state index < -0.39 is 11.2 Å². The first-order valence-electron chi connectivity index (χ1n) is 6.77. The van der Waals surface area contributed by atoms with Gasteiger partial charge in [0.25, 0.3) is 0 Å². The molecule has 0 radical (unpaired) electrons. The fraction of sp³-hybridized carbons (Fsp3) is 0.111. The van der Waals surface area contributed by atoms with Crippen LogP contribution >= 0.6 is 0 Å². The maximum absolute atomic E-state index is 12.0. The van der Waals surface area contributed by atoms with Crippen molar-refractivity contribution in [2.75, 3.05) is 0 Å². The molecular formula is C18H14OS. The van der Waals surface area contributed by atoms with Crippen LogP contribution in [0.1, 0.15) is 11.1 Å². The molecule has 20 heavy (non-hydrogen) atoms. The molecule has 0 fully saturated rings. The standard InChI is InChI=1S/C18H14OS/c19-20-11-15-10-14-8-4-5-9-16(14)18(17(15)12-20)13-6-2-1-3-7-13/h1-10H,11-12H2. The van der Waals surface area contributed by atoms with Gasteiger partial charge < -0.3 is 4.55 Å². The molecule has 3 aromatic rings. The Kier molecular flexibility index (Phi) is 2.79. The number of rotatable bonds is 1. The van der Waals surface area contributed by atoms with E-state index in [2.05, 4.69) is 54.6 Å². The average Bonchev–Trinajstić information content (AvgIpc) is 2.85. The topological polar surface area (TPSA) is 23.1 Å². The lowest BCUT2D eigenvalue weighted by atomic mass is 9.91. The minimum atomic E-state index is -0.752. The molecule has 0 amide bonds. The minimum absolute atomic E-state index is 0.685. The Balaban J connectivity index is 2.10. The average molecular weight is 278 g/mol. The molecule has 0 saturated heterocycles. The zero-order chi connectivity index (χ0) is 13.5. The van der Waals surface area contributed by atoms with Crippen LogP contribution < -0.4 is 0 Å². The third kappa shape index (κ3) is 1.84. The Labute approximate surface area is 121 Å². The van der Waals surface area contributed by atoms with Crippen LogP contribution in [0.5, 0.6) is 0 Å². The zero-order valence-corrected chi connectivity index (χ0v) is 11.8. The van der Waals surface area contributed by atoms with E-state index in [-0.39, 0.29) is 0 Å². The van der Waals surface area contributed by atoms with E-state index in [0.717, 1.165) is 0 Å². The molecule has 0 spiro atoms. The van der Waals surface area contributed by atoms with E-state index in [4.69, 9.17) is 0 Å². The van der Waals surface area contributed by atoms with Crippen molar-refractivity contribution >= 4 is 21.9 Å². The van der Waals surface area contributed by atoms with E-state index in [1.54, 1.807) is 0 Å². The summed E-state index contributed by atoms with van der Waals surface area (Å²) in [6.07, 6.45) is 0. The van der Waals surface area contributed by atoms with Crippen LogP contribution in [0.15, 0.2) is 60.7 Å². The van der Waals surface area contributed by atoms with Gasteiger partial charge in [-0.1, -0.05) is 54.6 Å². The SMILES string of the molecule is [O-][S+]1Cc2cc3ccccc3c(-c3ccccc3)c2C1. The fourth-order valence-electron chi connectivity index (χ4n) is 3.06. The first-order valence-corrected chi connectivity index (χ1v) is 8.25. The summed E-state index contributed by atoms with van der Waals surface area (Å²) in [5.74, 6) is 1.38. The van der Waals surface area contributed by atoms with Gasteiger partial charge in [0.1, 0.15) is 11.5 Å². The monoisotopic (exact) mass is 278 g/mol. The van der Waals surface area contributed by atoms with E-state index in [1.165, 1.54) is 33.0 Å². The highest BCUT2D eigenvalue weighted by molar-refractivity contribution is 7.90. The maximum Gasteiger partial charge on any atom is 0.132 e. The van der Waals surface area contributed by atoms with Gasteiger partial charge in [-0.3, -0.25) is 0 Å². The smallest absolute Gasteiger partial charge is 0.132 e. The van der Waals surface area contributed by atoms with E-state index in [1.807, 2.05) is 6.07 Å². The number of hydrogen-bond donors (Lipinski definition) is 0. The predicted octanol–water partition coefficient (Wildman–Crippen LogP) is 4.27. The lowest BCUT2D eigenvalue weighted by molar-refractivity contribution is 0.597. The summed E-state index contributed by atoms with van der Waals surface area (Å²) in [6.45, 7) is 0. The number of fused-ring (bicyclic) bond motifs is 2. The third-order valence-corrected chi connectivity index (χ3v) is 5.18. The van der Waals surface area contributed by atoms with Gasteiger partial charge in [-0.05, 0) is 39.1 Å². The van der Waals surface area contributed by atoms with Gasteiger partial charge in [0.2, 0.25) is 0 Å². The molecule has 0 N–H and O–H groups in total. The van der Waals surface area contributed by atoms with Crippen LogP contribution in [-0.4, -0.2) is 4.55 Å². The van der Waals surface area contributed by atoms with Crippen molar-refractivity contribution in [1.82, 2.24) is 0 Å². The van der Waals surface area contributed by atoms with Crippen molar-refractivity contribution < 1.29 is 4.55 Å². The van der Waals surface area contributed by atoms with Gasteiger partial charge in [-0.15, -0.1) is 0 Å². The molecule has 0 aliphatic carbocycles. The van der Waals surface area contributed by atoms with E-state index >= 15 is 0 Å². The Morgan fingerprint density at radius 3 is 2.45 bits per heavy atom. The van der Waals surface area contributed by atoms with Crippen molar-refractivity contribution in [3.63, 3.8) is 0 Å². The summed E-state index contributed by atoms with van der Waals surface area (Å²) in [4.78, 5) is 0. The predicted molar refractivity (Wildman–Crippen MR) is 84.9 cm³/mol. The molecular weight excluding hydrogens is 264 g/mol. The highest BCUT2D eigenvalue weighted by Gasteiger charge is 2.27. The van der Waals surface area contributed by atoms with Crippen LogP contribution in [0.4, 0.5) is 0 Å². The van der Waals surface area contributed by atoms with Crippen LogP contribution in [0.25, 0.3) is 21.9 Å². The second kappa shape index (κ2) is 4.65. The first kappa shape index (κ1) is 12.0. The molecule has 1 aliphatic heterocycles. The third-order valence-electron chi connectivity index (χ3n) is 3.93. The molecule has 0 saturated carbocycles. The summed E-state index contributed by atoms with van der Waals surface area (Å²) in [5, 5.41) is 2.50. The van der Waals surface area contributed by atoms with Crippen LogP contribution in [0, 0.1) is 0 Å². The fourth-order valence-corrected chi connectivity index (χ4v) is 4.42. The molecule has 2 heteroatoms. The maximum atomic E-state index is 12.0. The van der Waals surface area contributed by atoms with E-state index in [9.17, 15) is 4.55 Å². The highest BCUT2D eigenvalue weighted by Crippen LogP contribution is 2.39. The van der Waals surface area contributed by atoms with Crippen molar-refractivity contribution in [2.24, 2.45) is 0 Å². The van der Waals surface area contributed by atoms with Crippen LogP contribution in [-0.2, 0) is 22.7 Å². The number of benzene rings is 3. The van der Waals surface area contributed by atoms with Crippen molar-refractivity contribution in [1.29, 1.82) is 0 Å².